The minimum absolute atomic E-state index is 0.159. The summed E-state index contributed by atoms with van der Waals surface area (Å²) in [5.74, 6) is 0.254. The van der Waals surface area contributed by atoms with Crippen LogP contribution < -0.4 is 16.4 Å². The number of hydrogen-bond donors (Lipinski definition) is 3. The van der Waals surface area contributed by atoms with Gasteiger partial charge in [-0.05, 0) is 20.8 Å². The first kappa shape index (κ1) is 16.9. The van der Waals surface area contributed by atoms with Crippen molar-refractivity contribution in [3.63, 3.8) is 0 Å². The fourth-order valence-corrected chi connectivity index (χ4v) is 2.76. The highest BCUT2D eigenvalue weighted by molar-refractivity contribution is 8.00. The predicted octanol–water partition coefficient (Wildman–Crippen LogP) is 0.267. The van der Waals surface area contributed by atoms with Crippen molar-refractivity contribution in [2.45, 2.75) is 37.7 Å². The summed E-state index contributed by atoms with van der Waals surface area (Å²) in [4.78, 5) is 48.2. The molecule has 2 aromatic rings. The maximum atomic E-state index is 12.1. The van der Waals surface area contributed by atoms with Crippen LogP contribution in [0.3, 0.4) is 0 Å². The lowest BCUT2D eigenvalue weighted by Gasteiger charge is -2.11. The first-order chi connectivity index (χ1) is 10.8. The van der Waals surface area contributed by atoms with Crippen LogP contribution in [0.25, 0.3) is 0 Å². The molecule has 2 rings (SSSR count). The van der Waals surface area contributed by atoms with E-state index in [9.17, 15) is 14.4 Å². The van der Waals surface area contributed by atoms with E-state index in [1.54, 1.807) is 20.8 Å². The number of hydrogen-bond acceptors (Lipinski definition) is 6. The second-order valence-electron chi connectivity index (χ2n) is 4.99. The third kappa shape index (κ3) is 5.06. The van der Waals surface area contributed by atoms with Crippen LogP contribution in [0.2, 0.25) is 0 Å². The van der Waals surface area contributed by atoms with Crippen LogP contribution in [0.15, 0.2) is 26.9 Å². The van der Waals surface area contributed by atoms with Crippen LogP contribution in [-0.2, 0) is 11.3 Å². The number of carbonyl (C=O) groups is 1. The first-order valence-electron chi connectivity index (χ1n) is 6.92. The second kappa shape index (κ2) is 7.23. The Balaban J connectivity index is 1.97. The quantitative estimate of drug-likeness (QED) is 0.533. The number of H-pyrrole nitrogens is 2. The lowest BCUT2D eigenvalue weighted by molar-refractivity contribution is -0.120. The van der Waals surface area contributed by atoms with Gasteiger partial charge in [-0.25, -0.2) is 9.97 Å². The molecule has 0 aliphatic carbocycles. The Labute approximate surface area is 136 Å². The van der Waals surface area contributed by atoms with Crippen molar-refractivity contribution in [2.75, 3.05) is 0 Å². The van der Waals surface area contributed by atoms with E-state index < -0.39 is 5.25 Å². The van der Waals surface area contributed by atoms with Gasteiger partial charge in [-0.3, -0.25) is 14.4 Å². The summed E-state index contributed by atoms with van der Waals surface area (Å²) in [6.45, 7) is 5.25. The van der Waals surface area contributed by atoms with Gasteiger partial charge in [-0.2, -0.15) is 0 Å². The average Bonchev–Trinajstić information content (AvgIpc) is 2.42. The van der Waals surface area contributed by atoms with Gasteiger partial charge in [0.2, 0.25) is 5.91 Å². The van der Waals surface area contributed by atoms with E-state index in [0.717, 1.165) is 11.8 Å². The van der Waals surface area contributed by atoms with Gasteiger partial charge in [0.05, 0.1) is 17.5 Å². The third-order valence-corrected chi connectivity index (χ3v) is 3.85. The Hall–Kier alpha value is -2.42. The zero-order chi connectivity index (χ0) is 17.0. The lowest BCUT2D eigenvalue weighted by atomic mass is 10.3. The van der Waals surface area contributed by atoms with Gasteiger partial charge in [0.1, 0.15) is 5.82 Å². The molecule has 0 aromatic carbocycles. The second-order valence-corrected chi connectivity index (χ2v) is 6.32. The van der Waals surface area contributed by atoms with Gasteiger partial charge >= 0.3 is 0 Å². The highest BCUT2D eigenvalue weighted by Crippen LogP contribution is 2.18. The van der Waals surface area contributed by atoms with Crippen molar-refractivity contribution in [1.82, 2.24) is 25.3 Å². The van der Waals surface area contributed by atoms with E-state index in [1.165, 1.54) is 12.1 Å². The highest BCUT2D eigenvalue weighted by Gasteiger charge is 2.16. The lowest BCUT2D eigenvalue weighted by Crippen LogP contribution is -2.31. The van der Waals surface area contributed by atoms with Crippen LogP contribution in [0, 0.1) is 13.8 Å². The predicted molar refractivity (Wildman–Crippen MR) is 86.4 cm³/mol. The molecular formula is C14H17N5O3S. The Kier molecular flexibility index (Phi) is 5.32. The summed E-state index contributed by atoms with van der Waals surface area (Å²) in [6, 6.07) is 2.72. The molecule has 122 valence electrons. The van der Waals surface area contributed by atoms with Crippen molar-refractivity contribution in [1.29, 1.82) is 0 Å². The highest BCUT2D eigenvalue weighted by atomic mass is 32.2. The van der Waals surface area contributed by atoms with Gasteiger partial charge in [-0.1, -0.05) is 11.8 Å². The monoisotopic (exact) mass is 335 g/mol. The van der Waals surface area contributed by atoms with Gasteiger partial charge in [0.15, 0.2) is 5.16 Å². The maximum absolute atomic E-state index is 12.1. The molecule has 0 unspecified atom stereocenters. The minimum atomic E-state index is -0.456. The summed E-state index contributed by atoms with van der Waals surface area (Å²) in [5.41, 5.74) is 0.562. The van der Waals surface area contributed by atoms with E-state index in [0.29, 0.717) is 22.4 Å². The molecule has 0 radical (unpaired) electrons. The molecule has 0 spiro atoms. The van der Waals surface area contributed by atoms with Gasteiger partial charge in [0.25, 0.3) is 11.1 Å². The average molecular weight is 335 g/mol. The van der Waals surface area contributed by atoms with Gasteiger partial charge in [0, 0.05) is 17.8 Å². The molecule has 2 heterocycles. The van der Waals surface area contributed by atoms with E-state index >= 15 is 0 Å². The topological polar surface area (TPSA) is 121 Å². The molecule has 0 saturated carbocycles. The van der Waals surface area contributed by atoms with Crippen LogP contribution in [0.5, 0.6) is 0 Å². The molecule has 0 aliphatic heterocycles. The fraction of sp³-hybridized carbons (Fsp3) is 0.357. The molecule has 1 atom stereocenters. The fourth-order valence-electron chi connectivity index (χ4n) is 1.88. The van der Waals surface area contributed by atoms with E-state index in [1.807, 2.05) is 0 Å². The molecule has 0 fully saturated rings. The van der Waals surface area contributed by atoms with Gasteiger partial charge in [-0.15, -0.1) is 0 Å². The molecule has 3 N–H and O–H groups in total. The van der Waals surface area contributed by atoms with Crippen molar-refractivity contribution in [3.05, 3.63) is 50.1 Å². The number of carbonyl (C=O) groups excluding carboxylic acids is 1. The standard InChI is InChI=1S/C14H17N5O3S/c1-7-4-11(20)19-14(16-7)23-8(2)13(22)15-6-10-5-12(21)18-9(3)17-10/h4-5,8H,6H2,1-3H3,(H,15,22)(H,16,19,20)(H,17,18,21)/t8-/m0/s1. The number of aromatic nitrogens is 4. The Bertz CT molecular complexity index is 830. The number of amides is 1. The number of rotatable bonds is 5. The summed E-state index contributed by atoms with van der Waals surface area (Å²) in [5, 5.41) is 2.64. The summed E-state index contributed by atoms with van der Waals surface area (Å²) >= 11 is 1.15. The number of nitrogens with one attached hydrogen (secondary N) is 3. The van der Waals surface area contributed by atoms with Crippen molar-refractivity contribution in [2.24, 2.45) is 0 Å². The first-order valence-corrected chi connectivity index (χ1v) is 7.80. The zero-order valence-corrected chi connectivity index (χ0v) is 13.8. The SMILES string of the molecule is Cc1cc(=O)[nH]c(S[C@@H](C)C(=O)NCc2cc(=O)[nH]c(C)n2)n1. The Morgan fingerprint density at radius 2 is 1.91 bits per heavy atom. The molecular weight excluding hydrogens is 318 g/mol. The van der Waals surface area contributed by atoms with Crippen LogP contribution in [0.4, 0.5) is 0 Å². The summed E-state index contributed by atoms with van der Waals surface area (Å²) in [7, 11) is 0. The molecule has 8 nitrogen and oxygen atoms in total. The van der Waals surface area contributed by atoms with Crippen LogP contribution in [0.1, 0.15) is 24.1 Å². The molecule has 9 heteroatoms. The number of thioether (sulfide) groups is 1. The minimum Gasteiger partial charge on any atom is -0.349 e. The summed E-state index contributed by atoms with van der Waals surface area (Å²) in [6.07, 6.45) is 0. The molecule has 0 bridgehead atoms. The van der Waals surface area contributed by atoms with Crippen molar-refractivity contribution < 1.29 is 4.79 Å². The normalized spacial score (nSPS) is 12.0. The maximum Gasteiger partial charge on any atom is 0.251 e. The third-order valence-electron chi connectivity index (χ3n) is 2.86. The van der Waals surface area contributed by atoms with E-state index in [-0.39, 0.29) is 23.6 Å². The number of aryl methyl sites for hydroxylation is 2. The zero-order valence-electron chi connectivity index (χ0n) is 13.0. The molecule has 2 aromatic heterocycles. The number of aromatic amines is 2. The number of nitrogens with zero attached hydrogens (tertiary/aromatic N) is 2. The van der Waals surface area contributed by atoms with Crippen molar-refractivity contribution in [3.8, 4) is 0 Å². The van der Waals surface area contributed by atoms with Gasteiger partial charge < -0.3 is 15.3 Å². The smallest absolute Gasteiger partial charge is 0.251 e. The van der Waals surface area contributed by atoms with E-state index in [4.69, 9.17) is 0 Å². The molecule has 0 aliphatic rings. The van der Waals surface area contributed by atoms with Crippen LogP contribution >= 0.6 is 11.8 Å². The molecule has 1 amide bonds. The van der Waals surface area contributed by atoms with Crippen LogP contribution in [-0.4, -0.2) is 31.1 Å². The summed E-state index contributed by atoms with van der Waals surface area (Å²) < 4.78 is 0. The molecule has 23 heavy (non-hydrogen) atoms. The van der Waals surface area contributed by atoms with Crippen molar-refractivity contribution >= 4 is 17.7 Å². The largest absolute Gasteiger partial charge is 0.349 e. The molecule has 0 saturated heterocycles. The Morgan fingerprint density at radius 1 is 1.22 bits per heavy atom. The van der Waals surface area contributed by atoms with E-state index in [2.05, 4.69) is 25.3 Å². The Morgan fingerprint density at radius 3 is 2.57 bits per heavy atom.